The Morgan fingerprint density at radius 3 is 2.34 bits per heavy atom. The van der Waals surface area contributed by atoms with E-state index in [0.717, 1.165) is 12.1 Å². The number of carbonyl (C=O) groups excluding carboxylic acids is 2. The van der Waals surface area contributed by atoms with Crippen molar-refractivity contribution in [3.05, 3.63) is 102 Å². The van der Waals surface area contributed by atoms with E-state index in [1.165, 1.54) is 23.7 Å². The Hall–Kier alpha value is -4.37. The van der Waals surface area contributed by atoms with Crippen LogP contribution in [0.25, 0.3) is 0 Å². The summed E-state index contributed by atoms with van der Waals surface area (Å²) in [5.41, 5.74) is 2.27. The van der Waals surface area contributed by atoms with Crippen LogP contribution in [-0.2, 0) is 9.53 Å². The van der Waals surface area contributed by atoms with Crippen molar-refractivity contribution in [2.24, 2.45) is 0 Å². The highest BCUT2D eigenvalue weighted by Crippen LogP contribution is 2.31. The van der Waals surface area contributed by atoms with Crippen LogP contribution in [0.2, 0.25) is 0 Å². The molecule has 0 heterocycles. The Kier molecular flexibility index (Phi) is 9.21. The minimum Gasteiger partial charge on any atom is -0.505 e. The topological polar surface area (TPSA) is 117 Å². The van der Waals surface area contributed by atoms with Crippen molar-refractivity contribution in [1.29, 1.82) is 0 Å². The van der Waals surface area contributed by atoms with E-state index in [0.29, 0.717) is 17.9 Å². The minimum absolute atomic E-state index is 0.260. The third-order valence-electron chi connectivity index (χ3n) is 4.92. The summed E-state index contributed by atoms with van der Waals surface area (Å²) < 4.78 is 26.0. The fourth-order valence-corrected chi connectivity index (χ4v) is 3.28. The number of hydroxylamine groups is 1. The molecule has 3 rings (SSSR count). The second-order valence-electron chi connectivity index (χ2n) is 7.45. The molecule has 0 bridgehead atoms. The summed E-state index contributed by atoms with van der Waals surface area (Å²) >= 11 is 0. The zero-order valence-electron chi connectivity index (χ0n) is 18.6. The molecule has 35 heavy (non-hydrogen) atoms. The SMILES string of the molecule is O=C(/C=C/CC[C@H](Oc1ccccc1)[C@@H](OC(=O)Nc1ccccc1)c1ccc(O)c(F)c1)NO. The number of para-hydroxylation sites is 2. The standard InChI is InChI=1S/C26H25FN2O6/c27-21-17-18(15-16-22(21)30)25(35-26(32)28-19-9-3-1-4-10-19)23(13-7-8-14-24(31)29-33)34-20-11-5-2-6-12-20/h1-6,8-12,14-17,23,25,30,33H,7,13H2,(H,28,32)(H,29,31)/b14-8+/t23-,25-/m0/s1. The van der Waals surface area contributed by atoms with Crippen LogP contribution < -0.4 is 15.5 Å². The monoisotopic (exact) mass is 480 g/mol. The predicted octanol–water partition coefficient (Wildman–Crippen LogP) is 5.11. The molecule has 9 heteroatoms. The maximum Gasteiger partial charge on any atom is 0.412 e. The van der Waals surface area contributed by atoms with Gasteiger partial charge in [-0.1, -0.05) is 48.5 Å². The fourth-order valence-electron chi connectivity index (χ4n) is 3.28. The number of anilines is 1. The van der Waals surface area contributed by atoms with Crippen molar-refractivity contribution in [3.8, 4) is 11.5 Å². The number of phenolic OH excluding ortho intramolecular Hbond substituents is 1. The summed E-state index contributed by atoms with van der Waals surface area (Å²) in [6.45, 7) is 0. The number of halogens is 1. The van der Waals surface area contributed by atoms with Crippen molar-refractivity contribution in [3.63, 3.8) is 0 Å². The molecule has 0 aliphatic carbocycles. The molecule has 0 aliphatic rings. The number of hydrogen-bond acceptors (Lipinski definition) is 6. The smallest absolute Gasteiger partial charge is 0.412 e. The Balaban J connectivity index is 1.89. The van der Waals surface area contributed by atoms with Crippen LogP contribution >= 0.6 is 0 Å². The number of rotatable bonds is 10. The highest BCUT2D eigenvalue weighted by atomic mass is 19.1. The van der Waals surface area contributed by atoms with Crippen LogP contribution in [0.1, 0.15) is 24.5 Å². The number of nitrogens with one attached hydrogen (secondary N) is 2. The van der Waals surface area contributed by atoms with Crippen LogP contribution in [-0.4, -0.2) is 28.4 Å². The Morgan fingerprint density at radius 2 is 1.69 bits per heavy atom. The largest absolute Gasteiger partial charge is 0.505 e. The van der Waals surface area contributed by atoms with Gasteiger partial charge in [0.05, 0.1) is 0 Å². The maximum atomic E-state index is 14.2. The van der Waals surface area contributed by atoms with E-state index < -0.39 is 35.8 Å². The number of hydrogen-bond donors (Lipinski definition) is 4. The van der Waals surface area contributed by atoms with Gasteiger partial charge in [-0.3, -0.25) is 15.3 Å². The molecular weight excluding hydrogens is 455 g/mol. The first-order valence-corrected chi connectivity index (χ1v) is 10.8. The van der Waals surface area contributed by atoms with Gasteiger partial charge in [0, 0.05) is 11.8 Å². The molecule has 182 valence electrons. The maximum absolute atomic E-state index is 14.2. The molecule has 3 aromatic carbocycles. The first-order chi connectivity index (χ1) is 17.0. The second kappa shape index (κ2) is 12.8. The number of ether oxygens (including phenoxy) is 2. The Morgan fingerprint density at radius 1 is 1.00 bits per heavy atom. The van der Waals surface area contributed by atoms with E-state index in [2.05, 4.69) is 5.32 Å². The Bertz CT molecular complexity index is 1140. The van der Waals surface area contributed by atoms with E-state index in [4.69, 9.17) is 14.7 Å². The van der Waals surface area contributed by atoms with Crippen molar-refractivity contribution in [2.45, 2.75) is 25.0 Å². The molecule has 0 unspecified atom stereocenters. The van der Waals surface area contributed by atoms with Crippen molar-refractivity contribution in [2.75, 3.05) is 5.32 Å². The molecule has 3 aromatic rings. The van der Waals surface area contributed by atoms with Gasteiger partial charge in [-0.15, -0.1) is 0 Å². The van der Waals surface area contributed by atoms with Gasteiger partial charge in [-0.25, -0.2) is 14.7 Å². The van der Waals surface area contributed by atoms with Crippen molar-refractivity contribution < 1.29 is 33.8 Å². The van der Waals surface area contributed by atoms with E-state index in [9.17, 15) is 19.1 Å². The van der Waals surface area contributed by atoms with Gasteiger partial charge in [0.2, 0.25) is 0 Å². The van der Waals surface area contributed by atoms with Crippen LogP contribution in [0.4, 0.5) is 14.9 Å². The van der Waals surface area contributed by atoms with E-state index in [-0.39, 0.29) is 12.0 Å². The van der Waals surface area contributed by atoms with Crippen LogP contribution in [0, 0.1) is 5.82 Å². The van der Waals surface area contributed by atoms with Gasteiger partial charge in [-0.2, -0.15) is 0 Å². The predicted molar refractivity (Wildman–Crippen MR) is 127 cm³/mol. The number of aromatic hydroxyl groups is 1. The van der Waals surface area contributed by atoms with Crippen LogP contribution in [0.3, 0.4) is 0 Å². The first kappa shape index (κ1) is 25.3. The normalized spacial score (nSPS) is 12.5. The molecular formula is C26H25FN2O6. The first-order valence-electron chi connectivity index (χ1n) is 10.8. The molecule has 4 N–H and O–H groups in total. The lowest BCUT2D eigenvalue weighted by Gasteiger charge is -2.28. The molecule has 2 amide bonds. The molecule has 0 saturated carbocycles. The average Bonchev–Trinajstić information content (AvgIpc) is 2.87. The molecule has 0 saturated heterocycles. The molecule has 2 atom stereocenters. The number of benzene rings is 3. The highest BCUT2D eigenvalue weighted by Gasteiger charge is 2.29. The zero-order valence-corrected chi connectivity index (χ0v) is 18.6. The summed E-state index contributed by atoms with van der Waals surface area (Å²) in [5.74, 6) is -1.62. The van der Waals surface area contributed by atoms with Gasteiger partial charge < -0.3 is 14.6 Å². The zero-order chi connectivity index (χ0) is 25.0. The van der Waals surface area contributed by atoms with Gasteiger partial charge in [0.25, 0.3) is 5.91 Å². The molecule has 0 aliphatic heterocycles. The lowest BCUT2D eigenvalue weighted by Crippen LogP contribution is -2.31. The number of phenols is 1. The summed E-state index contributed by atoms with van der Waals surface area (Å²) in [6.07, 6.45) is 0.579. The summed E-state index contributed by atoms with van der Waals surface area (Å²) in [7, 11) is 0. The van der Waals surface area contributed by atoms with Gasteiger partial charge in [-0.05, 0) is 54.8 Å². The molecule has 0 spiro atoms. The lowest BCUT2D eigenvalue weighted by molar-refractivity contribution is -0.124. The Labute approximate surface area is 201 Å². The summed E-state index contributed by atoms with van der Waals surface area (Å²) in [5, 5.41) is 20.9. The van der Waals surface area contributed by atoms with Crippen molar-refractivity contribution >= 4 is 17.7 Å². The third-order valence-corrected chi connectivity index (χ3v) is 4.92. The molecule has 0 aromatic heterocycles. The minimum atomic E-state index is -1.07. The second-order valence-corrected chi connectivity index (χ2v) is 7.45. The average molecular weight is 480 g/mol. The van der Waals surface area contributed by atoms with Crippen molar-refractivity contribution in [1.82, 2.24) is 5.48 Å². The summed E-state index contributed by atoms with van der Waals surface area (Å²) in [4.78, 5) is 24.0. The van der Waals surface area contributed by atoms with Gasteiger partial charge in [0.1, 0.15) is 11.9 Å². The quantitative estimate of drug-likeness (QED) is 0.182. The van der Waals surface area contributed by atoms with Gasteiger partial charge in [0.15, 0.2) is 17.7 Å². The number of carbonyl (C=O) groups is 2. The number of amides is 2. The van der Waals surface area contributed by atoms with Crippen LogP contribution in [0.5, 0.6) is 11.5 Å². The molecule has 8 nitrogen and oxygen atoms in total. The van der Waals surface area contributed by atoms with E-state index in [1.807, 2.05) is 6.07 Å². The van der Waals surface area contributed by atoms with E-state index >= 15 is 0 Å². The number of allylic oxidation sites excluding steroid dienone is 1. The van der Waals surface area contributed by atoms with Gasteiger partial charge >= 0.3 is 6.09 Å². The van der Waals surface area contributed by atoms with Crippen LogP contribution in [0.15, 0.2) is 91.0 Å². The van der Waals surface area contributed by atoms with E-state index in [1.54, 1.807) is 54.6 Å². The summed E-state index contributed by atoms with van der Waals surface area (Å²) in [6, 6.07) is 21.2. The fraction of sp³-hybridized carbons (Fsp3) is 0.154. The third kappa shape index (κ3) is 7.86. The highest BCUT2D eigenvalue weighted by molar-refractivity contribution is 5.86. The lowest BCUT2D eigenvalue weighted by atomic mass is 9.99. The molecule has 0 fully saturated rings. The molecule has 0 radical (unpaired) electrons.